The van der Waals surface area contributed by atoms with Gasteiger partial charge >= 0.3 is 12.1 Å². The highest BCUT2D eigenvalue weighted by molar-refractivity contribution is 7.99. The van der Waals surface area contributed by atoms with E-state index in [4.69, 9.17) is 9.84 Å². The Kier molecular flexibility index (Phi) is 8.44. The minimum atomic E-state index is -4.44. The molecule has 0 unspecified atom stereocenters. The molecule has 0 aliphatic carbocycles. The van der Waals surface area contributed by atoms with E-state index in [-0.39, 0.29) is 24.3 Å². The number of benzene rings is 2. The van der Waals surface area contributed by atoms with Gasteiger partial charge in [0.2, 0.25) is 0 Å². The summed E-state index contributed by atoms with van der Waals surface area (Å²) in [6, 6.07) is 12.3. The largest absolute Gasteiger partial charge is 0.489 e. The van der Waals surface area contributed by atoms with Gasteiger partial charge < -0.3 is 14.7 Å². The molecule has 8 heteroatoms. The molecular weight excluding hydrogens is 475 g/mol. The standard InChI is InChI=1S/C27H30F3NO3S/c28-27(29,30)25-17-23(5-6-24(25)22-10-15-35-16-11-22)34-18-19-1-3-20(4-2-19)21-7-12-31(13-8-21)14-9-26(32)33/h1-6,10,17,21H,7-9,11-16,18H2,(H,32,33). The molecule has 1 saturated heterocycles. The zero-order chi connectivity index (χ0) is 24.8. The summed E-state index contributed by atoms with van der Waals surface area (Å²) in [6.07, 6.45) is 0.227. The van der Waals surface area contributed by atoms with Crippen molar-refractivity contribution in [3.05, 3.63) is 70.8 Å². The number of likely N-dealkylation sites (tertiary alicyclic amines) is 1. The van der Waals surface area contributed by atoms with E-state index in [1.54, 1.807) is 17.8 Å². The van der Waals surface area contributed by atoms with Crippen LogP contribution >= 0.6 is 11.8 Å². The third-order valence-electron chi connectivity index (χ3n) is 6.69. The number of allylic oxidation sites excluding steroid dienone is 1. The first-order chi connectivity index (χ1) is 16.8. The Bertz CT molecular complexity index is 1040. The third kappa shape index (κ3) is 7.04. The van der Waals surface area contributed by atoms with Gasteiger partial charge in [0, 0.05) is 12.3 Å². The molecule has 4 rings (SSSR count). The fourth-order valence-electron chi connectivity index (χ4n) is 4.70. The number of nitrogens with zero attached hydrogens (tertiary/aromatic N) is 1. The Balaban J connectivity index is 1.35. The van der Waals surface area contributed by atoms with Crippen LogP contribution in [0.3, 0.4) is 0 Å². The molecule has 2 aromatic carbocycles. The Hall–Kier alpha value is -2.45. The molecule has 0 spiro atoms. The van der Waals surface area contributed by atoms with Gasteiger partial charge in [-0.05, 0) is 78.4 Å². The molecular formula is C27H30F3NO3S. The van der Waals surface area contributed by atoms with Gasteiger partial charge in [-0.25, -0.2) is 0 Å². The van der Waals surface area contributed by atoms with E-state index in [1.165, 1.54) is 11.6 Å². The maximum Gasteiger partial charge on any atom is 0.417 e. The lowest BCUT2D eigenvalue weighted by Crippen LogP contribution is -2.34. The van der Waals surface area contributed by atoms with Crippen molar-refractivity contribution in [2.45, 2.75) is 44.4 Å². The Morgan fingerprint density at radius 2 is 1.86 bits per heavy atom. The van der Waals surface area contributed by atoms with E-state index in [1.807, 2.05) is 18.2 Å². The molecule has 0 atom stereocenters. The maximum atomic E-state index is 13.8. The van der Waals surface area contributed by atoms with E-state index in [2.05, 4.69) is 17.0 Å². The normalized spacial score (nSPS) is 17.7. The van der Waals surface area contributed by atoms with Crippen LogP contribution in [0.25, 0.3) is 5.57 Å². The van der Waals surface area contributed by atoms with Crippen LogP contribution < -0.4 is 4.74 Å². The maximum absolute atomic E-state index is 13.8. The van der Waals surface area contributed by atoms with Gasteiger partial charge in [0.1, 0.15) is 12.4 Å². The van der Waals surface area contributed by atoms with E-state index in [0.717, 1.165) is 54.6 Å². The summed E-state index contributed by atoms with van der Waals surface area (Å²) in [5.41, 5.74) is 2.50. The zero-order valence-electron chi connectivity index (χ0n) is 19.5. The van der Waals surface area contributed by atoms with Gasteiger partial charge in [0.15, 0.2) is 0 Å². The van der Waals surface area contributed by atoms with Crippen molar-refractivity contribution in [2.75, 3.05) is 31.1 Å². The van der Waals surface area contributed by atoms with Crippen LogP contribution in [0.1, 0.15) is 53.9 Å². The van der Waals surface area contributed by atoms with Gasteiger partial charge in [-0.15, -0.1) is 0 Å². The fraction of sp³-hybridized carbons (Fsp3) is 0.444. The molecule has 1 fully saturated rings. The van der Waals surface area contributed by atoms with Crippen molar-refractivity contribution < 1.29 is 27.8 Å². The summed E-state index contributed by atoms with van der Waals surface area (Å²) >= 11 is 1.72. The topological polar surface area (TPSA) is 49.8 Å². The van der Waals surface area contributed by atoms with Crippen LogP contribution in [0.4, 0.5) is 13.2 Å². The number of piperidine rings is 1. The number of thioether (sulfide) groups is 1. The summed E-state index contributed by atoms with van der Waals surface area (Å²) in [6.45, 7) is 2.56. The number of halogens is 3. The molecule has 35 heavy (non-hydrogen) atoms. The Labute approximate surface area is 208 Å². The molecule has 0 amide bonds. The number of rotatable bonds is 8. The minimum absolute atomic E-state index is 0.170. The van der Waals surface area contributed by atoms with Gasteiger partial charge in [-0.1, -0.05) is 36.4 Å². The smallest absolute Gasteiger partial charge is 0.417 e. The molecule has 0 bridgehead atoms. The lowest BCUT2D eigenvalue weighted by Gasteiger charge is -2.31. The lowest BCUT2D eigenvalue weighted by molar-refractivity contribution is -0.138. The quantitative estimate of drug-likeness (QED) is 0.446. The van der Waals surface area contributed by atoms with Crippen LogP contribution in [0, 0.1) is 0 Å². The van der Waals surface area contributed by atoms with Crippen molar-refractivity contribution in [3.63, 3.8) is 0 Å². The number of carboxylic acid groups (broad SMARTS) is 1. The minimum Gasteiger partial charge on any atom is -0.489 e. The number of ether oxygens (including phenoxy) is 1. The predicted octanol–water partition coefficient (Wildman–Crippen LogP) is 6.46. The van der Waals surface area contributed by atoms with Crippen LogP contribution in [-0.2, 0) is 17.6 Å². The molecule has 4 nitrogen and oxygen atoms in total. The number of carbonyl (C=O) groups is 1. The summed E-state index contributed by atoms with van der Waals surface area (Å²) in [4.78, 5) is 12.9. The second-order valence-corrected chi connectivity index (χ2v) is 10.2. The summed E-state index contributed by atoms with van der Waals surface area (Å²) in [7, 11) is 0. The van der Waals surface area contributed by atoms with E-state index in [9.17, 15) is 18.0 Å². The van der Waals surface area contributed by atoms with Crippen molar-refractivity contribution in [2.24, 2.45) is 0 Å². The zero-order valence-corrected chi connectivity index (χ0v) is 20.3. The molecule has 0 aromatic heterocycles. The highest BCUT2D eigenvalue weighted by Crippen LogP contribution is 2.39. The average Bonchev–Trinajstić information content (AvgIpc) is 2.87. The SMILES string of the molecule is O=C(O)CCN1CCC(c2ccc(COc3ccc(C4=CCSCC4)c(C(F)(F)F)c3)cc2)CC1. The Morgan fingerprint density at radius 3 is 2.49 bits per heavy atom. The number of aliphatic carboxylic acids is 1. The first-order valence-electron chi connectivity index (χ1n) is 11.9. The van der Waals surface area contributed by atoms with E-state index < -0.39 is 17.7 Å². The van der Waals surface area contributed by atoms with Crippen LogP contribution in [-0.4, -0.2) is 47.1 Å². The molecule has 2 heterocycles. The molecule has 2 aliphatic rings. The van der Waals surface area contributed by atoms with Gasteiger partial charge in [0.05, 0.1) is 12.0 Å². The van der Waals surface area contributed by atoms with Gasteiger partial charge in [-0.2, -0.15) is 24.9 Å². The Morgan fingerprint density at radius 1 is 1.11 bits per heavy atom. The first kappa shape index (κ1) is 25.6. The van der Waals surface area contributed by atoms with Crippen molar-refractivity contribution >= 4 is 23.3 Å². The number of carboxylic acids is 1. The lowest BCUT2D eigenvalue weighted by atomic mass is 9.89. The van der Waals surface area contributed by atoms with Crippen LogP contribution in [0.2, 0.25) is 0 Å². The second kappa shape index (κ2) is 11.5. The van der Waals surface area contributed by atoms with Crippen LogP contribution in [0.15, 0.2) is 48.5 Å². The van der Waals surface area contributed by atoms with Gasteiger partial charge in [0.25, 0.3) is 0 Å². The van der Waals surface area contributed by atoms with Crippen molar-refractivity contribution in [3.8, 4) is 5.75 Å². The van der Waals surface area contributed by atoms with Crippen molar-refractivity contribution in [1.29, 1.82) is 0 Å². The van der Waals surface area contributed by atoms with E-state index >= 15 is 0 Å². The summed E-state index contributed by atoms with van der Waals surface area (Å²) in [5.74, 6) is 1.45. The summed E-state index contributed by atoms with van der Waals surface area (Å²) in [5, 5.41) is 8.84. The van der Waals surface area contributed by atoms with Crippen molar-refractivity contribution in [1.82, 2.24) is 4.90 Å². The number of hydrogen-bond acceptors (Lipinski definition) is 4. The molecule has 0 saturated carbocycles. The molecule has 2 aliphatic heterocycles. The van der Waals surface area contributed by atoms with E-state index in [0.29, 0.717) is 18.9 Å². The number of alkyl halides is 3. The van der Waals surface area contributed by atoms with Crippen LogP contribution in [0.5, 0.6) is 5.75 Å². The first-order valence-corrected chi connectivity index (χ1v) is 13.1. The highest BCUT2D eigenvalue weighted by Gasteiger charge is 2.34. The predicted molar refractivity (Wildman–Crippen MR) is 133 cm³/mol. The molecule has 2 aromatic rings. The fourth-order valence-corrected chi connectivity index (χ4v) is 5.55. The second-order valence-electron chi connectivity index (χ2n) is 9.05. The molecule has 188 valence electrons. The summed E-state index contributed by atoms with van der Waals surface area (Å²) < 4.78 is 47.0. The molecule has 1 N–H and O–H groups in total. The average molecular weight is 506 g/mol. The highest BCUT2D eigenvalue weighted by atomic mass is 32.2. The third-order valence-corrected chi connectivity index (χ3v) is 7.59. The van der Waals surface area contributed by atoms with Gasteiger partial charge in [-0.3, -0.25) is 4.79 Å². The monoisotopic (exact) mass is 505 g/mol. The molecule has 0 radical (unpaired) electrons. The number of hydrogen-bond donors (Lipinski definition) is 1.